The number of nitrogens with two attached hydrogens (primary N) is 1. The summed E-state index contributed by atoms with van der Waals surface area (Å²) in [6.07, 6.45) is -4.65. The largest absolute Gasteiger partial charge is 0.405 e. The molecule has 0 atom stereocenters. The van der Waals surface area contributed by atoms with Crippen LogP contribution in [0, 0.1) is 5.82 Å². The van der Waals surface area contributed by atoms with Crippen LogP contribution >= 0.6 is 15.9 Å². The molecule has 5 nitrogen and oxygen atoms in total. The fraction of sp³-hybridized carbons (Fsp3) is 0.222. The molecule has 0 aromatic heterocycles. The van der Waals surface area contributed by atoms with Crippen LogP contribution < -0.4 is 10.5 Å². The summed E-state index contributed by atoms with van der Waals surface area (Å²) >= 11 is 2.62. The maximum Gasteiger partial charge on any atom is 0.405 e. The van der Waals surface area contributed by atoms with Crippen LogP contribution in [-0.4, -0.2) is 27.0 Å². The number of sulfonamides is 1. The fourth-order valence-corrected chi connectivity index (χ4v) is 2.73. The van der Waals surface area contributed by atoms with Gasteiger partial charge in [-0.3, -0.25) is 4.79 Å². The van der Waals surface area contributed by atoms with Gasteiger partial charge in [0.2, 0.25) is 10.0 Å². The topological polar surface area (TPSA) is 89.3 Å². The first-order valence-corrected chi connectivity index (χ1v) is 7.12. The Morgan fingerprint density at radius 1 is 1.35 bits per heavy atom. The summed E-state index contributed by atoms with van der Waals surface area (Å²) in [6, 6.07) is 1.26. The van der Waals surface area contributed by atoms with Gasteiger partial charge in [0.05, 0.1) is 9.37 Å². The van der Waals surface area contributed by atoms with Crippen molar-refractivity contribution in [2.45, 2.75) is 11.1 Å². The van der Waals surface area contributed by atoms with E-state index in [0.717, 1.165) is 0 Å². The third-order valence-corrected chi connectivity index (χ3v) is 4.02. The smallest absolute Gasteiger partial charge is 0.343 e. The summed E-state index contributed by atoms with van der Waals surface area (Å²) in [5.41, 5.74) is -0.598. The van der Waals surface area contributed by atoms with Gasteiger partial charge in [-0.1, -0.05) is 0 Å². The van der Waals surface area contributed by atoms with E-state index in [0.29, 0.717) is 12.1 Å². The number of alkyl halides is 3. The minimum absolute atomic E-state index is 0.507. The molecule has 11 heteroatoms. The average Bonchev–Trinajstić information content (AvgIpc) is 2.26. The van der Waals surface area contributed by atoms with Crippen molar-refractivity contribution in [1.29, 1.82) is 0 Å². The van der Waals surface area contributed by atoms with E-state index in [1.165, 1.54) is 5.32 Å². The number of primary sulfonamides is 1. The second kappa shape index (κ2) is 5.66. The van der Waals surface area contributed by atoms with Crippen LogP contribution in [-0.2, 0) is 10.0 Å². The zero-order valence-electron chi connectivity index (χ0n) is 9.46. The van der Waals surface area contributed by atoms with Crippen LogP contribution in [0.2, 0.25) is 0 Å². The minimum Gasteiger partial charge on any atom is -0.343 e. The van der Waals surface area contributed by atoms with Gasteiger partial charge >= 0.3 is 6.18 Å². The Hall–Kier alpha value is -1.20. The lowest BCUT2D eigenvalue weighted by molar-refractivity contribution is -0.123. The first-order valence-electron chi connectivity index (χ1n) is 4.78. The molecule has 1 aromatic rings. The van der Waals surface area contributed by atoms with Gasteiger partial charge in [0.25, 0.3) is 5.91 Å². The number of halogens is 5. The quantitative estimate of drug-likeness (QED) is 0.781. The predicted octanol–water partition coefficient (Wildman–Crippen LogP) is 1.53. The van der Waals surface area contributed by atoms with Gasteiger partial charge in [-0.2, -0.15) is 13.2 Å². The van der Waals surface area contributed by atoms with Crippen LogP contribution in [0.4, 0.5) is 17.6 Å². The third kappa shape index (κ3) is 4.42. The van der Waals surface area contributed by atoms with Crippen molar-refractivity contribution in [3.05, 3.63) is 28.0 Å². The molecule has 0 heterocycles. The first-order chi connectivity index (χ1) is 8.92. The first kappa shape index (κ1) is 16.9. The Labute approximate surface area is 119 Å². The second-order valence-corrected chi connectivity index (χ2v) is 5.94. The van der Waals surface area contributed by atoms with E-state index in [1.807, 2.05) is 0 Å². The molecular weight excluding hydrogens is 372 g/mol. The van der Waals surface area contributed by atoms with Crippen molar-refractivity contribution in [3.63, 3.8) is 0 Å². The normalized spacial score (nSPS) is 12.3. The van der Waals surface area contributed by atoms with Gasteiger partial charge < -0.3 is 5.32 Å². The summed E-state index contributed by atoms with van der Waals surface area (Å²) in [5, 5.41) is 6.29. The number of nitrogens with one attached hydrogen (secondary N) is 1. The highest BCUT2D eigenvalue weighted by Crippen LogP contribution is 2.26. The zero-order chi connectivity index (χ0) is 15.7. The number of amides is 1. The van der Waals surface area contributed by atoms with E-state index < -0.39 is 49.4 Å². The van der Waals surface area contributed by atoms with Crippen molar-refractivity contribution in [1.82, 2.24) is 5.32 Å². The van der Waals surface area contributed by atoms with Crippen molar-refractivity contribution in [2.24, 2.45) is 5.14 Å². The van der Waals surface area contributed by atoms with Gasteiger partial charge in [0, 0.05) is 5.56 Å². The number of carbonyl (C=O) groups is 1. The van der Waals surface area contributed by atoms with Gasteiger partial charge in [0.15, 0.2) is 0 Å². The number of carbonyl (C=O) groups excluding carboxylic acids is 1. The average molecular weight is 379 g/mol. The molecule has 1 amide bonds. The Morgan fingerprint density at radius 3 is 2.35 bits per heavy atom. The second-order valence-electron chi connectivity index (χ2n) is 3.61. The molecule has 0 fully saturated rings. The monoisotopic (exact) mass is 378 g/mol. The molecule has 0 bridgehead atoms. The summed E-state index contributed by atoms with van der Waals surface area (Å²) in [6.45, 7) is -1.63. The van der Waals surface area contributed by atoms with E-state index in [-0.39, 0.29) is 0 Å². The van der Waals surface area contributed by atoms with E-state index >= 15 is 0 Å². The van der Waals surface area contributed by atoms with Crippen LogP contribution in [0.5, 0.6) is 0 Å². The van der Waals surface area contributed by atoms with Gasteiger partial charge in [-0.25, -0.2) is 17.9 Å². The van der Waals surface area contributed by atoms with E-state index in [1.54, 1.807) is 0 Å². The number of benzene rings is 1. The maximum atomic E-state index is 13.4. The molecule has 0 aliphatic heterocycles. The Morgan fingerprint density at radius 2 is 1.90 bits per heavy atom. The predicted molar refractivity (Wildman–Crippen MR) is 63.9 cm³/mol. The molecule has 0 saturated heterocycles. The van der Waals surface area contributed by atoms with Crippen LogP contribution in [0.3, 0.4) is 0 Å². The molecule has 3 N–H and O–H groups in total. The standard InChI is InChI=1S/C9H7BrF4N2O3S/c10-7-5(11)1-4(2-6(7)20(15,18)19)8(17)16-3-9(12,13)14/h1-2H,3H2,(H,16,17)(H2,15,18,19). The lowest BCUT2D eigenvalue weighted by atomic mass is 10.2. The third-order valence-electron chi connectivity index (χ3n) is 2.01. The number of hydrogen-bond donors (Lipinski definition) is 2. The molecule has 0 unspecified atom stereocenters. The minimum atomic E-state index is -4.65. The van der Waals surface area contributed by atoms with Gasteiger partial charge in [0.1, 0.15) is 12.4 Å². The summed E-state index contributed by atoms with van der Waals surface area (Å²) in [7, 11) is -4.34. The zero-order valence-corrected chi connectivity index (χ0v) is 11.9. The lowest BCUT2D eigenvalue weighted by Gasteiger charge is -2.10. The molecule has 112 valence electrons. The summed E-state index contributed by atoms with van der Waals surface area (Å²) in [5.74, 6) is -2.42. The molecule has 0 spiro atoms. The van der Waals surface area contributed by atoms with E-state index in [4.69, 9.17) is 5.14 Å². The highest BCUT2D eigenvalue weighted by atomic mass is 79.9. The van der Waals surface area contributed by atoms with Crippen molar-refractivity contribution in [2.75, 3.05) is 6.54 Å². The number of hydrogen-bond acceptors (Lipinski definition) is 3. The van der Waals surface area contributed by atoms with Crippen LogP contribution in [0.15, 0.2) is 21.5 Å². The molecule has 0 saturated carbocycles. The highest BCUT2D eigenvalue weighted by Gasteiger charge is 2.28. The summed E-state index contributed by atoms with van der Waals surface area (Å²) in [4.78, 5) is 10.7. The molecule has 1 rings (SSSR count). The molecule has 0 aliphatic carbocycles. The van der Waals surface area contributed by atoms with Crippen molar-refractivity contribution >= 4 is 31.9 Å². The molecule has 1 aromatic carbocycles. The maximum absolute atomic E-state index is 13.4. The number of rotatable bonds is 3. The SMILES string of the molecule is NS(=O)(=O)c1cc(C(=O)NCC(F)(F)F)cc(F)c1Br. The van der Waals surface area contributed by atoms with Crippen LogP contribution in [0.25, 0.3) is 0 Å². The molecule has 20 heavy (non-hydrogen) atoms. The fourth-order valence-electron chi connectivity index (χ4n) is 1.18. The Bertz CT molecular complexity index is 645. The van der Waals surface area contributed by atoms with Gasteiger partial charge in [-0.15, -0.1) is 0 Å². The van der Waals surface area contributed by atoms with Crippen molar-refractivity contribution in [3.8, 4) is 0 Å². The Balaban J connectivity index is 3.15. The molecular formula is C9H7BrF4N2O3S. The molecule has 0 radical (unpaired) electrons. The van der Waals surface area contributed by atoms with E-state index in [9.17, 15) is 30.8 Å². The Kier molecular flexibility index (Phi) is 4.77. The molecule has 0 aliphatic rings. The van der Waals surface area contributed by atoms with Gasteiger partial charge in [-0.05, 0) is 28.1 Å². The van der Waals surface area contributed by atoms with E-state index in [2.05, 4.69) is 15.9 Å². The van der Waals surface area contributed by atoms with Crippen LogP contribution in [0.1, 0.15) is 10.4 Å². The lowest BCUT2D eigenvalue weighted by Crippen LogP contribution is -2.34. The van der Waals surface area contributed by atoms with Crippen molar-refractivity contribution < 1.29 is 30.8 Å². The highest BCUT2D eigenvalue weighted by molar-refractivity contribution is 9.10. The summed E-state index contributed by atoms with van der Waals surface area (Å²) < 4.78 is 71.1.